The van der Waals surface area contributed by atoms with Gasteiger partial charge in [0.15, 0.2) is 5.69 Å². The Balaban J connectivity index is 2.49. The van der Waals surface area contributed by atoms with Crippen LogP contribution in [0.3, 0.4) is 0 Å². The quantitative estimate of drug-likeness (QED) is 0.711. The van der Waals surface area contributed by atoms with E-state index in [4.69, 9.17) is 5.73 Å². The Morgan fingerprint density at radius 3 is 2.64 bits per heavy atom. The molecule has 0 unspecified atom stereocenters. The van der Waals surface area contributed by atoms with E-state index in [-0.39, 0.29) is 35.9 Å². The Morgan fingerprint density at radius 2 is 2.04 bits per heavy atom. The van der Waals surface area contributed by atoms with Crippen LogP contribution < -0.4 is 26.6 Å². The number of nitrogen functional groups attached to an aromatic ring is 1. The van der Waals surface area contributed by atoms with Crippen molar-refractivity contribution in [3.05, 3.63) is 50.7 Å². The van der Waals surface area contributed by atoms with Crippen molar-refractivity contribution in [1.82, 2.24) is 9.55 Å². The first-order valence-electron chi connectivity index (χ1n) is 8.79. The van der Waals surface area contributed by atoms with E-state index in [1.165, 1.54) is 22.8 Å². The van der Waals surface area contributed by atoms with E-state index in [0.29, 0.717) is 6.42 Å². The fourth-order valence-corrected chi connectivity index (χ4v) is 2.74. The van der Waals surface area contributed by atoms with Crippen LogP contribution in [0.15, 0.2) is 33.9 Å². The van der Waals surface area contributed by atoms with Crippen LogP contribution in [0.1, 0.15) is 37.0 Å². The van der Waals surface area contributed by atoms with Crippen LogP contribution in [0, 0.1) is 0 Å². The van der Waals surface area contributed by atoms with Crippen molar-refractivity contribution in [2.45, 2.75) is 39.8 Å². The third-order valence-electron chi connectivity index (χ3n) is 4.09. The molecule has 0 spiro atoms. The average molecular weight is 396 g/mol. The second kappa shape index (κ2) is 9.16. The van der Waals surface area contributed by atoms with Gasteiger partial charge in [0.2, 0.25) is 0 Å². The molecule has 0 saturated carbocycles. The molecule has 0 bridgehead atoms. The summed E-state index contributed by atoms with van der Waals surface area (Å²) in [5.41, 5.74) is 4.45. The van der Waals surface area contributed by atoms with E-state index in [2.05, 4.69) is 9.72 Å². The van der Waals surface area contributed by atoms with Gasteiger partial charge in [0.1, 0.15) is 11.6 Å². The van der Waals surface area contributed by atoms with Crippen molar-refractivity contribution < 1.29 is 18.3 Å². The Labute approximate surface area is 159 Å². The second-order valence-electron chi connectivity index (χ2n) is 5.95. The second-order valence-corrected chi connectivity index (χ2v) is 5.95. The van der Waals surface area contributed by atoms with Gasteiger partial charge in [0, 0.05) is 18.7 Å². The van der Waals surface area contributed by atoms with Crippen LogP contribution in [0.4, 0.5) is 20.3 Å². The first-order valence-corrected chi connectivity index (χ1v) is 8.79. The maximum Gasteiger partial charge on any atom is 0.387 e. The number of halogens is 2. The number of carbonyl (C=O) groups excluding carboxylic acids is 1. The number of aromatic nitrogens is 2. The molecule has 8 nitrogen and oxygen atoms in total. The lowest BCUT2D eigenvalue weighted by molar-refractivity contribution is -0.0498. The van der Waals surface area contributed by atoms with Crippen molar-refractivity contribution in [2.75, 3.05) is 17.2 Å². The molecule has 2 rings (SSSR count). The van der Waals surface area contributed by atoms with E-state index in [0.717, 1.165) is 17.4 Å². The summed E-state index contributed by atoms with van der Waals surface area (Å²) in [6.45, 7) is 0.877. The van der Waals surface area contributed by atoms with Gasteiger partial charge in [-0.15, -0.1) is 0 Å². The highest BCUT2D eigenvalue weighted by atomic mass is 19.3. The van der Waals surface area contributed by atoms with Gasteiger partial charge in [0.25, 0.3) is 11.5 Å². The highest BCUT2D eigenvalue weighted by Gasteiger charge is 2.24. The minimum Gasteiger partial charge on any atom is -0.435 e. The summed E-state index contributed by atoms with van der Waals surface area (Å²) in [5.74, 6) is -0.954. The standard InChI is InChI=1S/C18H22F2N4O4/c1-3-5-9-24-14(21)13(15(25)22-18(24)27)23(4-2)16(26)11-7-6-8-12(10-11)28-17(19)20/h6-8,10,17H,3-5,9,21H2,1-2H3,(H,22,25,27). The molecule has 1 heterocycles. The lowest BCUT2D eigenvalue weighted by Crippen LogP contribution is -2.41. The monoisotopic (exact) mass is 396 g/mol. The van der Waals surface area contributed by atoms with Crippen LogP contribution in [0.5, 0.6) is 5.75 Å². The molecule has 0 aliphatic rings. The fraction of sp³-hybridized carbons (Fsp3) is 0.389. The number of amides is 1. The molecule has 0 atom stereocenters. The van der Waals surface area contributed by atoms with Gasteiger partial charge in [0.05, 0.1) is 0 Å². The molecule has 152 valence electrons. The van der Waals surface area contributed by atoms with Crippen LogP contribution in [-0.2, 0) is 6.54 Å². The molecule has 3 N–H and O–H groups in total. The van der Waals surface area contributed by atoms with Gasteiger partial charge >= 0.3 is 12.3 Å². The number of unbranched alkanes of at least 4 members (excludes halogenated alkanes) is 1. The van der Waals surface area contributed by atoms with Gasteiger partial charge in [-0.3, -0.25) is 19.1 Å². The lowest BCUT2D eigenvalue weighted by atomic mass is 10.1. The number of nitrogens with one attached hydrogen (secondary N) is 1. The number of benzene rings is 1. The van der Waals surface area contributed by atoms with E-state index in [9.17, 15) is 23.2 Å². The van der Waals surface area contributed by atoms with E-state index < -0.39 is 23.8 Å². The summed E-state index contributed by atoms with van der Waals surface area (Å²) in [5, 5.41) is 0. The van der Waals surface area contributed by atoms with E-state index >= 15 is 0 Å². The Bertz CT molecular complexity index is 955. The molecule has 28 heavy (non-hydrogen) atoms. The Morgan fingerprint density at radius 1 is 1.32 bits per heavy atom. The number of hydrogen-bond donors (Lipinski definition) is 2. The molecule has 0 radical (unpaired) electrons. The van der Waals surface area contributed by atoms with Crippen molar-refractivity contribution in [2.24, 2.45) is 0 Å². The Kier molecular flexibility index (Phi) is 6.91. The molecule has 0 aliphatic carbocycles. The highest BCUT2D eigenvalue weighted by molar-refractivity contribution is 6.07. The Hall–Kier alpha value is -3.17. The molecule has 2 aromatic rings. The van der Waals surface area contributed by atoms with Gasteiger partial charge < -0.3 is 15.4 Å². The minimum absolute atomic E-state index is 0.0325. The van der Waals surface area contributed by atoms with Gasteiger partial charge in [-0.05, 0) is 31.5 Å². The SMILES string of the molecule is CCCCn1c(N)c(N(CC)C(=O)c2cccc(OC(F)F)c2)c(=O)[nH]c1=O. The van der Waals surface area contributed by atoms with Crippen LogP contribution in [0.25, 0.3) is 0 Å². The van der Waals surface area contributed by atoms with E-state index in [1.807, 2.05) is 6.92 Å². The number of H-pyrrole nitrogens is 1. The summed E-state index contributed by atoms with van der Waals surface area (Å²) in [7, 11) is 0. The molecule has 0 fully saturated rings. The largest absolute Gasteiger partial charge is 0.435 e. The third-order valence-corrected chi connectivity index (χ3v) is 4.09. The number of ether oxygens (including phenoxy) is 1. The molecular weight excluding hydrogens is 374 g/mol. The zero-order valence-corrected chi connectivity index (χ0v) is 15.6. The smallest absolute Gasteiger partial charge is 0.387 e. The van der Waals surface area contributed by atoms with Crippen molar-refractivity contribution in [1.29, 1.82) is 0 Å². The minimum atomic E-state index is -3.03. The van der Waals surface area contributed by atoms with Crippen LogP contribution in [0.2, 0.25) is 0 Å². The summed E-state index contributed by atoms with van der Waals surface area (Å²) in [4.78, 5) is 40.6. The van der Waals surface area contributed by atoms with Crippen molar-refractivity contribution >= 4 is 17.4 Å². The van der Waals surface area contributed by atoms with Crippen LogP contribution >= 0.6 is 0 Å². The van der Waals surface area contributed by atoms with Gasteiger partial charge in [-0.2, -0.15) is 8.78 Å². The predicted molar refractivity (Wildman–Crippen MR) is 101 cm³/mol. The number of anilines is 2. The molecule has 1 aromatic heterocycles. The molecule has 1 aromatic carbocycles. The van der Waals surface area contributed by atoms with Gasteiger partial charge in [-0.25, -0.2) is 4.79 Å². The van der Waals surface area contributed by atoms with Gasteiger partial charge in [-0.1, -0.05) is 19.4 Å². The maximum absolute atomic E-state index is 12.9. The molecule has 0 saturated heterocycles. The number of carbonyl (C=O) groups is 1. The van der Waals surface area contributed by atoms with Crippen molar-refractivity contribution in [3.8, 4) is 5.75 Å². The number of aromatic amines is 1. The van der Waals surface area contributed by atoms with E-state index in [1.54, 1.807) is 6.92 Å². The molecular formula is C18H22F2N4O4. The normalized spacial score (nSPS) is 10.9. The summed E-state index contributed by atoms with van der Waals surface area (Å²) < 4.78 is 30.4. The lowest BCUT2D eigenvalue weighted by Gasteiger charge is -2.23. The van der Waals surface area contributed by atoms with Crippen molar-refractivity contribution in [3.63, 3.8) is 0 Å². The molecule has 1 amide bonds. The number of rotatable bonds is 8. The first-order chi connectivity index (χ1) is 13.3. The first kappa shape index (κ1) is 21.1. The average Bonchev–Trinajstić information content (AvgIpc) is 2.64. The number of nitrogens with zero attached hydrogens (tertiary/aromatic N) is 2. The summed E-state index contributed by atoms with van der Waals surface area (Å²) in [6.07, 6.45) is 1.45. The van der Waals surface area contributed by atoms with Crippen LogP contribution in [-0.4, -0.2) is 28.6 Å². The maximum atomic E-state index is 12.9. The fourth-order valence-electron chi connectivity index (χ4n) is 2.74. The summed E-state index contributed by atoms with van der Waals surface area (Å²) in [6, 6.07) is 5.22. The molecule has 0 aliphatic heterocycles. The number of nitrogens with two attached hydrogens (primary N) is 1. The third kappa shape index (κ3) is 4.56. The highest BCUT2D eigenvalue weighted by Crippen LogP contribution is 2.22. The zero-order valence-electron chi connectivity index (χ0n) is 15.6. The predicted octanol–water partition coefficient (Wildman–Crippen LogP) is 2.19. The molecule has 10 heteroatoms. The number of alkyl halides is 2. The number of hydrogen-bond acceptors (Lipinski definition) is 5. The summed E-state index contributed by atoms with van der Waals surface area (Å²) >= 11 is 0. The zero-order chi connectivity index (χ0) is 20.8. The topological polar surface area (TPSA) is 110 Å².